The van der Waals surface area contributed by atoms with E-state index in [0.717, 1.165) is 20.4 Å². The summed E-state index contributed by atoms with van der Waals surface area (Å²) >= 11 is 2.11. The predicted octanol–water partition coefficient (Wildman–Crippen LogP) is 3.87. The van der Waals surface area contributed by atoms with Crippen molar-refractivity contribution in [2.24, 2.45) is 0 Å². The molecular weight excluding hydrogens is 353 g/mol. The Bertz CT molecular complexity index is 638. The van der Waals surface area contributed by atoms with Crippen LogP contribution in [0.1, 0.15) is 21.5 Å². The van der Waals surface area contributed by atoms with Crippen molar-refractivity contribution in [1.82, 2.24) is 0 Å². The number of amides is 1. The highest BCUT2D eigenvalue weighted by Crippen LogP contribution is 2.22. The topological polar surface area (TPSA) is 49.3 Å². The lowest BCUT2D eigenvalue weighted by atomic mass is 10.1. The molecule has 1 amide bonds. The molecule has 0 saturated carbocycles. The number of phenolic OH excluding ortho intramolecular Hbond substituents is 1. The fourth-order valence-corrected chi connectivity index (χ4v) is 2.24. The van der Waals surface area contributed by atoms with Crippen LogP contribution in [0, 0.1) is 17.4 Å². The van der Waals surface area contributed by atoms with Gasteiger partial charge in [-0.1, -0.05) is 12.1 Å². The van der Waals surface area contributed by atoms with Gasteiger partial charge in [-0.3, -0.25) is 4.79 Å². The zero-order chi connectivity index (χ0) is 14.0. The van der Waals surface area contributed by atoms with Gasteiger partial charge in [0, 0.05) is 9.26 Å². The van der Waals surface area contributed by atoms with Crippen LogP contribution in [0.15, 0.2) is 36.4 Å². The molecule has 0 fully saturated rings. The molecule has 4 heteroatoms. The van der Waals surface area contributed by atoms with Crippen molar-refractivity contribution < 1.29 is 9.90 Å². The number of hydrogen-bond donors (Lipinski definition) is 2. The van der Waals surface area contributed by atoms with E-state index in [1.165, 1.54) is 6.07 Å². The number of anilines is 1. The van der Waals surface area contributed by atoms with E-state index in [4.69, 9.17) is 0 Å². The standard InChI is InChI=1S/C15H14INO2/c1-9-3-4-10(2)13(7-9)17-15(19)12-8-11(16)5-6-14(12)18/h3-8,18H,1-2H3,(H,17,19). The van der Waals surface area contributed by atoms with E-state index in [9.17, 15) is 9.90 Å². The molecule has 0 spiro atoms. The van der Waals surface area contributed by atoms with E-state index in [0.29, 0.717) is 0 Å². The molecule has 0 aromatic heterocycles. The van der Waals surface area contributed by atoms with Gasteiger partial charge in [0.25, 0.3) is 5.91 Å². The molecule has 0 aliphatic rings. The maximum atomic E-state index is 12.2. The number of nitrogens with one attached hydrogen (secondary N) is 1. The largest absolute Gasteiger partial charge is 0.507 e. The summed E-state index contributed by atoms with van der Waals surface area (Å²) in [7, 11) is 0. The molecule has 98 valence electrons. The van der Waals surface area contributed by atoms with E-state index in [1.54, 1.807) is 12.1 Å². The van der Waals surface area contributed by atoms with Gasteiger partial charge in [-0.05, 0) is 71.8 Å². The van der Waals surface area contributed by atoms with Gasteiger partial charge in [0.15, 0.2) is 0 Å². The van der Waals surface area contributed by atoms with Crippen LogP contribution >= 0.6 is 22.6 Å². The van der Waals surface area contributed by atoms with Crippen LogP contribution in [0.2, 0.25) is 0 Å². The van der Waals surface area contributed by atoms with Crippen LogP contribution in [0.3, 0.4) is 0 Å². The quantitative estimate of drug-likeness (QED) is 0.792. The molecule has 2 aromatic carbocycles. The first-order valence-corrected chi connectivity index (χ1v) is 6.92. The minimum Gasteiger partial charge on any atom is -0.507 e. The van der Waals surface area contributed by atoms with Crippen molar-refractivity contribution >= 4 is 34.2 Å². The van der Waals surface area contributed by atoms with Crippen molar-refractivity contribution in [3.05, 3.63) is 56.7 Å². The van der Waals surface area contributed by atoms with Crippen molar-refractivity contribution in [3.8, 4) is 5.75 Å². The lowest BCUT2D eigenvalue weighted by Crippen LogP contribution is -2.13. The zero-order valence-electron chi connectivity index (χ0n) is 10.7. The maximum Gasteiger partial charge on any atom is 0.259 e. The minimum atomic E-state index is -0.301. The van der Waals surface area contributed by atoms with Crippen LogP contribution in [0.5, 0.6) is 5.75 Å². The lowest BCUT2D eigenvalue weighted by molar-refractivity contribution is 0.102. The highest BCUT2D eigenvalue weighted by molar-refractivity contribution is 14.1. The smallest absolute Gasteiger partial charge is 0.259 e. The SMILES string of the molecule is Cc1ccc(C)c(NC(=O)c2cc(I)ccc2O)c1. The van der Waals surface area contributed by atoms with Gasteiger partial charge >= 0.3 is 0 Å². The molecule has 0 saturated heterocycles. The van der Waals surface area contributed by atoms with Gasteiger partial charge < -0.3 is 10.4 Å². The summed E-state index contributed by atoms with van der Waals surface area (Å²) < 4.78 is 0.904. The summed E-state index contributed by atoms with van der Waals surface area (Å²) in [4.78, 5) is 12.2. The summed E-state index contributed by atoms with van der Waals surface area (Å²) in [6, 6.07) is 10.8. The highest BCUT2D eigenvalue weighted by Gasteiger charge is 2.12. The molecule has 0 aliphatic heterocycles. The Hall–Kier alpha value is -1.56. The molecule has 3 nitrogen and oxygen atoms in total. The molecule has 0 aliphatic carbocycles. The van der Waals surface area contributed by atoms with Gasteiger partial charge in [0.05, 0.1) is 5.56 Å². The normalized spacial score (nSPS) is 10.3. The van der Waals surface area contributed by atoms with Crippen molar-refractivity contribution in [3.63, 3.8) is 0 Å². The third-order valence-electron chi connectivity index (χ3n) is 2.84. The first-order valence-electron chi connectivity index (χ1n) is 5.84. The molecule has 19 heavy (non-hydrogen) atoms. The Labute approximate surface area is 125 Å². The lowest BCUT2D eigenvalue weighted by Gasteiger charge is -2.10. The number of aryl methyl sites for hydroxylation is 2. The average molecular weight is 367 g/mol. The maximum absolute atomic E-state index is 12.2. The molecular formula is C15H14INO2. The molecule has 0 unspecified atom stereocenters. The van der Waals surface area contributed by atoms with Gasteiger partial charge in [-0.25, -0.2) is 0 Å². The number of hydrogen-bond acceptors (Lipinski definition) is 2. The van der Waals surface area contributed by atoms with Crippen molar-refractivity contribution in [2.75, 3.05) is 5.32 Å². The van der Waals surface area contributed by atoms with Crippen molar-refractivity contribution in [2.45, 2.75) is 13.8 Å². The molecule has 2 rings (SSSR count). The highest BCUT2D eigenvalue weighted by atomic mass is 127. The van der Waals surface area contributed by atoms with E-state index in [2.05, 4.69) is 27.9 Å². The second-order valence-corrected chi connectivity index (χ2v) is 5.68. The second kappa shape index (κ2) is 5.61. The Kier molecular flexibility index (Phi) is 4.09. The summed E-state index contributed by atoms with van der Waals surface area (Å²) in [5, 5.41) is 12.6. The number of carbonyl (C=O) groups is 1. The van der Waals surface area contributed by atoms with Crippen LogP contribution in [0.25, 0.3) is 0 Å². The number of rotatable bonds is 2. The number of halogens is 1. The molecule has 2 N–H and O–H groups in total. The second-order valence-electron chi connectivity index (χ2n) is 4.43. The summed E-state index contributed by atoms with van der Waals surface area (Å²) in [6.07, 6.45) is 0. The Morgan fingerprint density at radius 1 is 1.16 bits per heavy atom. The van der Waals surface area contributed by atoms with E-state index in [-0.39, 0.29) is 17.2 Å². The molecule has 0 bridgehead atoms. The van der Waals surface area contributed by atoms with Crippen LogP contribution in [-0.2, 0) is 0 Å². The number of benzene rings is 2. The average Bonchev–Trinajstić information content (AvgIpc) is 2.36. The van der Waals surface area contributed by atoms with Gasteiger partial charge in [-0.2, -0.15) is 0 Å². The molecule has 0 atom stereocenters. The third-order valence-corrected chi connectivity index (χ3v) is 3.52. The van der Waals surface area contributed by atoms with Gasteiger partial charge in [-0.15, -0.1) is 0 Å². The van der Waals surface area contributed by atoms with Gasteiger partial charge in [0.2, 0.25) is 0 Å². The van der Waals surface area contributed by atoms with E-state index in [1.807, 2.05) is 32.0 Å². The monoisotopic (exact) mass is 367 g/mol. The van der Waals surface area contributed by atoms with Gasteiger partial charge in [0.1, 0.15) is 5.75 Å². The predicted molar refractivity (Wildman–Crippen MR) is 84.7 cm³/mol. The molecule has 0 heterocycles. The Morgan fingerprint density at radius 3 is 2.63 bits per heavy atom. The fourth-order valence-electron chi connectivity index (χ4n) is 1.75. The zero-order valence-corrected chi connectivity index (χ0v) is 12.9. The van der Waals surface area contributed by atoms with Crippen LogP contribution in [0.4, 0.5) is 5.69 Å². The number of carbonyl (C=O) groups excluding carboxylic acids is 1. The summed E-state index contributed by atoms with van der Waals surface area (Å²) in [5.74, 6) is -0.312. The van der Waals surface area contributed by atoms with Crippen LogP contribution in [-0.4, -0.2) is 11.0 Å². The van der Waals surface area contributed by atoms with E-state index < -0.39 is 0 Å². The number of aromatic hydroxyl groups is 1. The number of phenols is 1. The Morgan fingerprint density at radius 2 is 1.89 bits per heavy atom. The molecule has 0 radical (unpaired) electrons. The van der Waals surface area contributed by atoms with Crippen LogP contribution < -0.4 is 5.32 Å². The fraction of sp³-hybridized carbons (Fsp3) is 0.133. The summed E-state index contributed by atoms with van der Waals surface area (Å²) in [5.41, 5.74) is 3.12. The Balaban J connectivity index is 2.30. The first kappa shape index (κ1) is 13.9. The first-order chi connectivity index (χ1) is 8.97. The third kappa shape index (κ3) is 3.26. The van der Waals surface area contributed by atoms with Crippen molar-refractivity contribution in [1.29, 1.82) is 0 Å². The van der Waals surface area contributed by atoms with E-state index >= 15 is 0 Å². The molecule has 2 aromatic rings. The summed E-state index contributed by atoms with van der Waals surface area (Å²) in [6.45, 7) is 3.90. The minimum absolute atomic E-state index is 0.0109.